The van der Waals surface area contributed by atoms with Gasteiger partial charge in [-0.15, -0.1) is 0 Å². The summed E-state index contributed by atoms with van der Waals surface area (Å²) < 4.78 is 5.23. The molecule has 2 aromatic rings. The molecule has 1 aromatic carbocycles. The summed E-state index contributed by atoms with van der Waals surface area (Å²) in [5.41, 5.74) is 0. The molecule has 0 atom stereocenters. The van der Waals surface area contributed by atoms with E-state index < -0.39 is 0 Å². The van der Waals surface area contributed by atoms with E-state index in [-0.39, 0.29) is 5.75 Å². The summed E-state index contributed by atoms with van der Waals surface area (Å²) in [6.07, 6.45) is 0. The van der Waals surface area contributed by atoms with Gasteiger partial charge in [0.05, 0.1) is 0 Å². The molecule has 0 unspecified atom stereocenters. The normalized spacial score (nSPS) is 10.9. The zero-order chi connectivity index (χ0) is 11.5. The zero-order valence-corrected chi connectivity index (χ0v) is 10.7. The van der Waals surface area contributed by atoms with Crippen LogP contribution in [-0.4, -0.2) is 14.5 Å². The molecule has 3 nitrogen and oxygen atoms in total. The summed E-state index contributed by atoms with van der Waals surface area (Å²) in [5.74, 6) is 1.54. The van der Waals surface area contributed by atoms with Gasteiger partial charge in [0.15, 0.2) is 4.34 Å². The maximum absolute atomic E-state index is 9.17. The SMILES string of the molecule is CC(C)c1nsc(Sc2ccc(O)cc2)n1. The Labute approximate surface area is 103 Å². The third-order valence-electron chi connectivity index (χ3n) is 1.98. The second kappa shape index (κ2) is 4.84. The first-order valence-electron chi connectivity index (χ1n) is 4.95. The largest absolute Gasteiger partial charge is 0.508 e. The van der Waals surface area contributed by atoms with Gasteiger partial charge in [-0.05, 0) is 35.8 Å². The molecule has 16 heavy (non-hydrogen) atoms. The van der Waals surface area contributed by atoms with E-state index in [0.29, 0.717) is 5.92 Å². The molecule has 0 aliphatic carbocycles. The average Bonchev–Trinajstić information content (AvgIpc) is 2.70. The second-order valence-corrected chi connectivity index (χ2v) is 5.74. The molecule has 0 radical (unpaired) electrons. The number of nitrogens with zero attached hydrogens (tertiary/aromatic N) is 2. The molecule has 1 aromatic heterocycles. The fourth-order valence-electron chi connectivity index (χ4n) is 1.11. The Morgan fingerprint density at radius 1 is 1.25 bits per heavy atom. The van der Waals surface area contributed by atoms with Crippen molar-refractivity contribution in [1.29, 1.82) is 0 Å². The summed E-state index contributed by atoms with van der Waals surface area (Å²) in [7, 11) is 0. The van der Waals surface area contributed by atoms with Crippen molar-refractivity contribution in [2.24, 2.45) is 0 Å². The van der Waals surface area contributed by atoms with Gasteiger partial charge in [0, 0.05) is 10.8 Å². The molecule has 1 heterocycles. The van der Waals surface area contributed by atoms with Gasteiger partial charge in [-0.25, -0.2) is 4.98 Å². The highest BCUT2D eigenvalue weighted by atomic mass is 32.2. The van der Waals surface area contributed by atoms with Gasteiger partial charge in [0.2, 0.25) is 0 Å². The predicted octanol–water partition coefficient (Wildman–Crippen LogP) is 3.52. The Hall–Kier alpha value is -1.07. The van der Waals surface area contributed by atoms with Crippen molar-refractivity contribution in [2.45, 2.75) is 29.0 Å². The number of phenolic OH excluding ortho intramolecular Hbond substituents is 1. The van der Waals surface area contributed by atoms with Crippen LogP contribution < -0.4 is 0 Å². The molecule has 0 spiro atoms. The summed E-state index contributed by atoms with van der Waals surface area (Å²) in [6.45, 7) is 4.16. The van der Waals surface area contributed by atoms with Crippen LogP contribution in [0.5, 0.6) is 5.75 Å². The molecule has 5 heteroatoms. The van der Waals surface area contributed by atoms with Crippen LogP contribution in [0.25, 0.3) is 0 Å². The molecular weight excluding hydrogens is 240 g/mol. The van der Waals surface area contributed by atoms with Gasteiger partial charge in [-0.2, -0.15) is 4.37 Å². The van der Waals surface area contributed by atoms with Crippen LogP contribution in [0.3, 0.4) is 0 Å². The van der Waals surface area contributed by atoms with E-state index in [1.807, 2.05) is 12.1 Å². The first-order chi connectivity index (χ1) is 7.65. The first kappa shape index (κ1) is 11.4. The Bertz CT molecular complexity index is 465. The monoisotopic (exact) mass is 252 g/mol. The summed E-state index contributed by atoms with van der Waals surface area (Å²) in [5, 5.41) is 9.17. The van der Waals surface area contributed by atoms with E-state index in [9.17, 15) is 0 Å². The average molecular weight is 252 g/mol. The summed E-state index contributed by atoms with van der Waals surface area (Å²) in [4.78, 5) is 5.49. The smallest absolute Gasteiger partial charge is 0.174 e. The quantitative estimate of drug-likeness (QED) is 0.908. The van der Waals surface area contributed by atoms with Gasteiger partial charge >= 0.3 is 0 Å². The first-order valence-corrected chi connectivity index (χ1v) is 6.54. The highest BCUT2D eigenvalue weighted by Crippen LogP contribution is 2.30. The van der Waals surface area contributed by atoms with Gasteiger partial charge < -0.3 is 5.11 Å². The minimum absolute atomic E-state index is 0.282. The second-order valence-electron chi connectivity index (χ2n) is 3.67. The topological polar surface area (TPSA) is 46.0 Å². The Morgan fingerprint density at radius 3 is 2.50 bits per heavy atom. The lowest BCUT2D eigenvalue weighted by atomic mass is 10.2. The van der Waals surface area contributed by atoms with Crippen molar-refractivity contribution >= 4 is 23.3 Å². The third-order valence-corrected chi connectivity index (χ3v) is 3.75. The number of benzene rings is 1. The molecule has 0 saturated carbocycles. The van der Waals surface area contributed by atoms with Crippen LogP contribution in [0.15, 0.2) is 33.5 Å². The van der Waals surface area contributed by atoms with Crippen LogP contribution in [0.1, 0.15) is 25.6 Å². The molecule has 0 aliphatic heterocycles. The molecule has 84 valence electrons. The lowest BCUT2D eigenvalue weighted by molar-refractivity contribution is 0.475. The molecule has 0 amide bonds. The lowest BCUT2D eigenvalue weighted by Gasteiger charge is -1.97. The molecular formula is C11H12N2OS2. The van der Waals surface area contributed by atoms with E-state index in [1.54, 1.807) is 23.9 Å². The third kappa shape index (κ3) is 2.74. The summed E-state index contributed by atoms with van der Waals surface area (Å²) in [6, 6.07) is 7.09. The predicted molar refractivity (Wildman–Crippen MR) is 66.2 cm³/mol. The molecule has 0 bridgehead atoms. The minimum atomic E-state index is 0.282. The van der Waals surface area contributed by atoms with Crippen molar-refractivity contribution in [1.82, 2.24) is 9.36 Å². The van der Waals surface area contributed by atoms with Gasteiger partial charge in [-0.1, -0.05) is 25.6 Å². The van der Waals surface area contributed by atoms with Gasteiger partial charge in [0.25, 0.3) is 0 Å². The highest BCUT2D eigenvalue weighted by molar-refractivity contribution is 8.01. The van der Waals surface area contributed by atoms with Crippen LogP contribution in [0.2, 0.25) is 0 Å². The molecule has 0 saturated heterocycles. The molecule has 1 N–H and O–H groups in total. The van der Waals surface area contributed by atoms with E-state index in [1.165, 1.54) is 11.5 Å². The number of aromatic hydroxyl groups is 1. The molecule has 2 rings (SSSR count). The maximum Gasteiger partial charge on any atom is 0.174 e. The fraction of sp³-hybridized carbons (Fsp3) is 0.273. The van der Waals surface area contributed by atoms with Gasteiger partial charge in [-0.3, -0.25) is 0 Å². The molecule has 0 fully saturated rings. The van der Waals surface area contributed by atoms with E-state index in [4.69, 9.17) is 5.11 Å². The van der Waals surface area contributed by atoms with Crippen molar-refractivity contribution in [3.8, 4) is 5.75 Å². The Morgan fingerprint density at radius 2 is 1.94 bits per heavy atom. The molecule has 0 aliphatic rings. The maximum atomic E-state index is 9.17. The van der Waals surface area contributed by atoms with Crippen LogP contribution in [-0.2, 0) is 0 Å². The highest BCUT2D eigenvalue weighted by Gasteiger charge is 2.08. The van der Waals surface area contributed by atoms with Gasteiger partial charge in [0.1, 0.15) is 11.6 Å². The number of phenols is 1. The van der Waals surface area contributed by atoms with E-state index in [0.717, 1.165) is 15.1 Å². The van der Waals surface area contributed by atoms with Crippen LogP contribution >= 0.6 is 23.3 Å². The van der Waals surface area contributed by atoms with E-state index >= 15 is 0 Å². The number of aromatic nitrogens is 2. The van der Waals surface area contributed by atoms with Crippen LogP contribution in [0.4, 0.5) is 0 Å². The number of hydrogen-bond acceptors (Lipinski definition) is 5. The minimum Gasteiger partial charge on any atom is -0.508 e. The summed E-state index contributed by atoms with van der Waals surface area (Å²) >= 11 is 2.98. The number of rotatable bonds is 3. The van der Waals surface area contributed by atoms with Crippen molar-refractivity contribution in [3.63, 3.8) is 0 Å². The van der Waals surface area contributed by atoms with Crippen LogP contribution in [0, 0.1) is 0 Å². The Kier molecular flexibility index (Phi) is 3.46. The zero-order valence-electron chi connectivity index (χ0n) is 9.04. The van der Waals surface area contributed by atoms with E-state index in [2.05, 4.69) is 23.2 Å². The lowest BCUT2D eigenvalue weighted by Crippen LogP contribution is -1.88. The van der Waals surface area contributed by atoms with Crippen molar-refractivity contribution in [2.75, 3.05) is 0 Å². The Balaban J connectivity index is 2.11. The van der Waals surface area contributed by atoms with Crippen molar-refractivity contribution in [3.05, 3.63) is 30.1 Å². The fourth-order valence-corrected chi connectivity index (χ4v) is 2.83. The van der Waals surface area contributed by atoms with Crippen molar-refractivity contribution < 1.29 is 5.11 Å². The standard InChI is InChI=1S/C11H12N2OS2/c1-7(2)10-12-11(16-13-10)15-9-5-3-8(14)4-6-9/h3-7,14H,1-2H3. The number of hydrogen-bond donors (Lipinski definition) is 1.